The van der Waals surface area contributed by atoms with Crippen molar-refractivity contribution in [3.05, 3.63) is 28.2 Å². The Balaban J connectivity index is 1.92. The standard InChI is InChI=1S/C17H28BrN3/c1-4-19-12-15-5-6-16(11-17(15)18)21(3)13-14-7-9-20(2)10-8-14/h5-6,11,14,19H,4,7-10,12-13H2,1-3H3. The van der Waals surface area contributed by atoms with Gasteiger partial charge in [-0.05, 0) is 63.1 Å². The monoisotopic (exact) mass is 353 g/mol. The third kappa shape index (κ3) is 4.97. The number of nitrogens with one attached hydrogen (secondary N) is 1. The van der Waals surface area contributed by atoms with E-state index in [1.807, 2.05) is 0 Å². The molecule has 3 nitrogen and oxygen atoms in total. The number of benzene rings is 1. The SMILES string of the molecule is CCNCc1ccc(N(C)CC2CCN(C)CC2)cc1Br. The molecule has 0 saturated carbocycles. The van der Waals surface area contributed by atoms with Crippen molar-refractivity contribution < 1.29 is 0 Å². The molecule has 0 aliphatic carbocycles. The topological polar surface area (TPSA) is 18.5 Å². The Morgan fingerprint density at radius 1 is 1.33 bits per heavy atom. The van der Waals surface area contributed by atoms with Crippen LogP contribution in [0.3, 0.4) is 0 Å². The van der Waals surface area contributed by atoms with E-state index in [1.54, 1.807) is 0 Å². The van der Waals surface area contributed by atoms with Crippen molar-refractivity contribution in [3.8, 4) is 0 Å². The lowest BCUT2D eigenvalue weighted by Gasteiger charge is -2.32. The lowest BCUT2D eigenvalue weighted by atomic mass is 9.96. The quantitative estimate of drug-likeness (QED) is 0.845. The first-order valence-corrected chi connectivity index (χ1v) is 8.78. The molecule has 1 aliphatic rings. The van der Waals surface area contributed by atoms with Crippen LogP contribution in [0.15, 0.2) is 22.7 Å². The second-order valence-corrected chi connectivity index (χ2v) is 7.04. The molecule has 0 spiro atoms. The summed E-state index contributed by atoms with van der Waals surface area (Å²) in [6.07, 6.45) is 2.64. The normalized spacial score (nSPS) is 17.1. The lowest BCUT2D eigenvalue weighted by molar-refractivity contribution is 0.222. The maximum Gasteiger partial charge on any atom is 0.0375 e. The van der Waals surface area contributed by atoms with Gasteiger partial charge in [0.2, 0.25) is 0 Å². The first-order valence-electron chi connectivity index (χ1n) is 7.99. The van der Waals surface area contributed by atoms with E-state index in [-0.39, 0.29) is 0 Å². The van der Waals surface area contributed by atoms with E-state index in [2.05, 4.69) is 70.3 Å². The predicted molar refractivity (Wildman–Crippen MR) is 95.0 cm³/mol. The molecule has 1 saturated heterocycles. The number of anilines is 1. The van der Waals surface area contributed by atoms with Gasteiger partial charge in [0.05, 0.1) is 0 Å². The molecule has 1 aromatic carbocycles. The van der Waals surface area contributed by atoms with Crippen LogP contribution in [0, 0.1) is 5.92 Å². The van der Waals surface area contributed by atoms with Crippen molar-refractivity contribution in [2.45, 2.75) is 26.3 Å². The van der Waals surface area contributed by atoms with Crippen molar-refractivity contribution in [2.24, 2.45) is 5.92 Å². The first kappa shape index (κ1) is 16.8. The van der Waals surface area contributed by atoms with Gasteiger partial charge in [0.15, 0.2) is 0 Å². The zero-order valence-corrected chi connectivity index (χ0v) is 15.1. The Kier molecular flexibility index (Phi) is 6.52. The van der Waals surface area contributed by atoms with Crippen LogP contribution in [0.25, 0.3) is 0 Å². The molecule has 1 aliphatic heterocycles. The summed E-state index contributed by atoms with van der Waals surface area (Å²) in [7, 11) is 4.43. The number of halogens is 1. The molecular formula is C17H28BrN3. The van der Waals surface area contributed by atoms with Crippen molar-refractivity contribution in [1.82, 2.24) is 10.2 Å². The molecule has 118 valence electrons. The molecule has 4 heteroatoms. The molecule has 1 aromatic rings. The highest BCUT2D eigenvalue weighted by Crippen LogP contribution is 2.25. The van der Waals surface area contributed by atoms with Crippen LogP contribution in [0.4, 0.5) is 5.69 Å². The highest BCUT2D eigenvalue weighted by Gasteiger charge is 2.18. The average molecular weight is 354 g/mol. The van der Waals surface area contributed by atoms with Crippen LogP contribution < -0.4 is 10.2 Å². The van der Waals surface area contributed by atoms with Gasteiger partial charge >= 0.3 is 0 Å². The van der Waals surface area contributed by atoms with E-state index in [1.165, 1.54) is 41.7 Å². The van der Waals surface area contributed by atoms with Crippen LogP contribution >= 0.6 is 15.9 Å². The number of piperidine rings is 1. The zero-order valence-electron chi connectivity index (χ0n) is 13.5. The minimum absolute atomic E-state index is 0.825. The van der Waals surface area contributed by atoms with Crippen molar-refractivity contribution in [1.29, 1.82) is 0 Å². The Bertz CT molecular complexity index is 442. The van der Waals surface area contributed by atoms with Crippen LogP contribution in [-0.4, -0.2) is 45.2 Å². The average Bonchev–Trinajstić information content (AvgIpc) is 2.48. The highest BCUT2D eigenvalue weighted by molar-refractivity contribution is 9.10. The number of likely N-dealkylation sites (tertiary alicyclic amines) is 1. The molecule has 0 bridgehead atoms. The first-order chi connectivity index (χ1) is 10.1. The Morgan fingerprint density at radius 3 is 2.67 bits per heavy atom. The molecule has 1 heterocycles. The van der Waals surface area contributed by atoms with E-state index in [9.17, 15) is 0 Å². The maximum absolute atomic E-state index is 3.71. The van der Waals surface area contributed by atoms with E-state index < -0.39 is 0 Å². The summed E-state index contributed by atoms with van der Waals surface area (Å²) in [6, 6.07) is 6.72. The second-order valence-electron chi connectivity index (χ2n) is 6.18. The van der Waals surface area contributed by atoms with Gasteiger partial charge in [-0.15, -0.1) is 0 Å². The molecule has 0 amide bonds. The molecule has 0 radical (unpaired) electrons. The van der Waals surface area contributed by atoms with E-state index >= 15 is 0 Å². The second kappa shape index (κ2) is 8.16. The molecule has 0 atom stereocenters. The minimum atomic E-state index is 0.825. The maximum atomic E-state index is 3.71. The van der Waals surface area contributed by atoms with E-state index in [4.69, 9.17) is 0 Å². The number of hydrogen-bond acceptors (Lipinski definition) is 3. The molecule has 1 fully saturated rings. The molecule has 0 unspecified atom stereocenters. The molecule has 21 heavy (non-hydrogen) atoms. The summed E-state index contributed by atoms with van der Waals surface area (Å²) < 4.78 is 1.20. The van der Waals surface area contributed by atoms with Gasteiger partial charge in [0.25, 0.3) is 0 Å². The van der Waals surface area contributed by atoms with Gasteiger partial charge in [-0.25, -0.2) is 0 Å². The van der Waals surface area contributed by atoms with Crippen molar-refractivity contribution in [2.75, 3.05) is 45.2 Å². The Labute approximate surface area is 137 Å². The van der Waals surface area contributed by atoms with Crippen LogP contribution in [0.2, 0.25) is 0 Å². The fourth-order valence-electron chi connectivity index (χ4n) is 2.91. The van der Waals surface area contributed by atoms with Crippen LogP contribution in [-0.2, 0) is 6.54 Å². The number of hydrogen-bond donors (Lipinski definition) is 1. The third-order valence-corrected chi connectivity index (χ3v) is 5.15. The summed E-state index contributed by atoms with van der Waals surface area (Å²) >= 11 is 3.71. The van der Waals surface area contributed by atoms with Gasteiger partial charge in [0.1, 0.15) is 0 Å². The predicted octanol–water partition coefficient (Wildman–Crippen LogP) is 3.34. The molecule has 0 aromatic heterocycles. The fraction of sp³-hybridized carbons (Fsp3) is 0.647. The minimum Gasteiger partial charge on any atom is -0.374 e. The van der Waals surface area contributed by atoms with E-state index in [0.29, 0.717) is 0 Å². The summed E-state index contributed by atoms with van der Waals surface area (Å²) in [4.78, 5) is 4.83. The van der Waals surface area contributed by atoms with Gasteiger partial charge in [-0.1, -0.05) is 28.9 Å². The highest BCUT2D eigenvalue weighted by atomic mass is 79.9. The van der Waals surface area contributed by atoms with Crippen LogP contribution in [0.5, 0.6) is 0 Å². The Hall–Kier alpha value is -0.580. The van der Waals surface area contributed by atoms with Crippen molar-refractivity contribution in [3.63, 3.8) is 0 Å². The fourth-order valence-corrected chi connectivity index (χ4v) is 3.42. The van der Waals surface area contributed by atoms with E-state index in [0.717, 1.165) is 25.6 Å². The molecular weight excluding hydrogens is 326 g/mol. The lowest BCUT2D eigenvalue weighted by Crippen LogP contribution is -2.35. The third-order valence-electron chi connectivity index (χ3n) is 4.41. The van der Waals surface area contributed by atoms with Crippen molar-refractivity contribution >= 4 is 21.6 Å². The Morgan fingerprint density at radius 2 is 2.05 bits per heavy atom. The smallest absolute Gasteiger partial charge is 0.0375 e. The molecule has 2 rings (SSSR count). The van der Waals surface area contributed by atoms with Gasteiger partial charge in [0, 0.05) is 30.3 Å². The summed E-state index contributed by atoms with van der Waals surface area (Å²) in [5.41, 5.74) is 2.63. The van der Waals surface area contributed by atoms with Gasteiger partial charge in [-0.3, -0.25) is 0 Å². The summed E-state index contributed by atoms with van der Waals surface area (Å²) in [6.45, 7) is 7.71. The zero-order chi connectivity index (χ0) is 15.2. The number of rotatable bonds is 6. The van der Waals surface area contributed by atoms with Crippen LogP contribution in [0.1, 0.15) is 25.3 Å². The van der Waals surface area contributed by atoms with Gasteiger partial charge < -0.3 is 15.1 Å². The molecule has 1 N–H and O–H groups in total. The summed E-state index contributed by atoms with van der Waals surface area (Å²) in [5.74, 6) is 0.825. The van der Waals surface area contributed by atoms with Gasteiger partial charge in [-0.2, -0.15) is 0 Å². The number of nitrogens with zero attached hydrogens (tertiary/aromatic N) is 2. The largest absolute Gasteiger partial charge is 0.374 e. The summed E-state index contributed by atoms with van der Waals surface area (Å²) in [5, 5.41) is 3.38.